The average molecular weight is 233 g/mol. The molecule has 0 heterocycles. The van der Waals surface area contributed by atoms with Crippen molar-refractivity contribution in [2.24, 2.45) is 0 Å². The van der Waals surface area contributed by atoms with Gasteiger partial charge in [0.2, 0.25) is 0 Å². The molecule has 4 nitrogen and oxygen atoms in total. The zero-order chi connectivity index (χ0) is 12.8. The normalized spacial score (nSPS) is 9.71. The maximum absolute atomic E-state index is 11.6. The summed E-state index contributed by atoms with van der Waals surface area (Å²) in [6, 6.07) is 7.08. The first-order valence-corrected chi connectivity index (χ1v) is 5.37. The van der Waals surface area contributed by atoms with Gasteiger partial charge in [0.15, 0.2) is 0 Å². The summed E-state index contributed by atoms with van der Waals surface area (Å²) >= 11 is 0. The molecular formula is C13H15NO3. The second-order valence-corrected chi connectivity index (χ2v) is 3.68. The van der Waals surface area contributed by atoms with Gasteiger partial charge in [-0.15, -0.1) is 0 Å². The fourth-order valence-electron chi connectivity index (χ4n) is 1.37. The molecule has 0 saturated carbocycles. The Morgan fingerprint density at radius 1 is 1.29 bits per heavy atom. The number of nitrogens with one attached hydrogen (secondary N) is 1. The third-order valence-electron chi connectivity index (χ3n) is 2.28. The van der Waals surface area contributed by atoms with Crippen LogP contribution in [0.15, 0.2) is 36.5 Å². The van der Waals surface area contributed by atoms with E-state index >= 15 is 0 Å². The Hall–Kier alpha value is -2.10. The van der Waals surface area contributed by atoms with Crippen LogP contribution in [-0.2, 0) is 11.2 Å². The van der Waals surface area contributed by atoms with E-state index in [-0.39, 0.29) is 5.70 Å². The van der Waals surface area contributed by atoms with Crippen LogP contribution < -0.4 is 5.32 Å². The zero-order valence-corrected chi connectivity index (χ0v) is 9.69. The van der Waals surface area contributed by atoms with Crippen molar-refractivity contribution in [1.29, 1.82) is 0 Å². The highest BCUT2D eigenvalue weighted by atomic mass is 16.4. The summed E-state index contributed by atoms with van der Waals surface area (Å²) in [4.78, 5) is 22.1. The summed E-state index contributed by atoms with van der Waals surface area (Å²) in [6.07, 6.45) is 2.01. The molecule has 0 spiro atoms. The molecule has 0 unspecified atom stereocenters. The second kappa shape index (κ2) is 5.84. The van der Waals surface area contributed by atoms with Crippen molar-refractivity contribution < 1.29 is 14.7 Å². The number of carbonyl (C=O) groups is 2. The Morgan fingerprint density at radius 3 is 2.35 bits per heavy atom. The van der Waals surface area contributed by atoms with Gasteiger partial charge in [-0.05, 0) is 24.1 Å². The number of aryl methyl sites for hydroxylation is 1. The van der Waals surface area contributed by atoms with Gasteiger partial charge in [-0.1, -0.05) is 32.1 Å². The number of hydrogen-bond donors (Lipinski definition) is 2. The van der Waals surface area contributed by atoms with Crippen LogP contribution in [0.2, 0.25) is 0 Å². The van der Waals surface area contributed by atoms with E-state index < -0.39 is 11.9 Å². The van der Waals surface area contributed by atoms with Crippen molar-refractivity contribution in [2.45, 2.75) is 19.8 Å². The highest BCUT2D eigenvalue weighted by Gasteiger charge is 2.10. The molecule has 4 heteroatoms. The lowest BCUT2D eigenvalue weighted by atomic mass is 10.1. The number of amides is 1. The largest absolute Gasteiger partial charge is 0.477 e. The van der Waals surface area contributed by atoms with Gasteiger partial charge in [0.25, 0.3) is 5.91 Å². The average Bonchev–Trinajstić information content (AvgIpc) is 2.30. The van der Waals surface area contributed by atoms with Crippen LogP contribution in [0.3, 0.4) is 0 Å². The minimum absolute atomic E-state index is 0.326. The summed E-state index contributed by atoms with van der Waals surface area (Å²) in [6.45, 7) is 5.32. The lowest BCUT2D eigenvalue weighted by molar-refractivity contribution is -0.132. The van der Waals surface area contributed by atoms with Crippen molar-refractivity contribution in [2.75, 3.05) is 0 Å². The first-order chi connectivity index (χ1) is 8.04. The van der Waals surface area contributed by atoms with Crippen LogP contribution >= 0.6 is 0 Å². The predicted octanol–water partition coefficient (Wildman–Crippen LogP) is 1.97. The Kier molecular flexibility index (Phi) is 4.46. The van der Waals surface area contributed by atoms with Crippen molar-refractivity contribution in [3.8, 4) is 0 Å². The minimum Gasteiger partial charge on any atom is -0.477 e. The first kappa shape index (κ1) is 13.0. The van der Waals surface area contributed by atoms with Crippen LogP contribution in [0.5, 0.6) is 0 Å². The van der Waals surface area contributed by atoms with Gasteiger partial charge in [0.1, 0.15) is 5.70 Å². The van der Waals surface area contributed by atoms with Crippen LogP contribution in [0.4, 0.5) is 0 Å². The first-order valence-electron chi connectivity index (χ1n) is 5.37. The van der Waals surface area contributed by atoms with Gasteiger partial charge < -0.3 is 10.4 Å². The number of carbonyl (C=O) groups excluding carboxylic acids is 1. The summed E-state index contributed by atoms with van der Waals surface area (Å²) in [7, 11) is 0. The fraction of sp³-hybridized carbons (Fsp3) is 0.231. The predicted molar refractivity (Wildman–Crippen MR) is 64.7 cm³/mol. The van der Waals surface area contributed by atoms with E-state index in [4.69, 9.17) is 5.11 Å². The Balaban J connectivity index is 2.70. The number of hydrogen-bond acceptors (Lipinski definition) is 2. The molecule has 2 N–H and O–H groups in total. The van der Waals surface area contributed by atoms with E-state index in [0.29, 0.717) is 5.56 Å². The van der Waals surface area contributed by atoms with Gasteiger partial charge in [0.05, 0.1) is 0 Å². The Labute approximate surface area is 100.0 Å². The molecule has 0 aliphatic rings. The maximum Gasteiger partial charge on any atom is 0.351 e. The molecule has 0 aliphatic carbocycles. The molecule has 1 amide bonds. The third kappa shape index (κ3) is 3.75. The van der Waals surface area contributed by atoms with Crippen LogP contribution in [0.1, 0.15) is 29.3 Å². The van der Waals surface area contributed by atoms with Crippen LogP contribution in [0.25, 0.3) is 0 Å². The fourth-order valence-corrected chi connectivity index (χ4v) is 1.37. The number of carboxylic acids is 1. The van der Waals surface area contributed by atoms with E-state index in [2.05, 4.69) is 18.8 Å². The minimum atomic E-state index is -1.24. The summed E-state index contributed by atoms with van der Waals surface area (Å²) < 4.78 is 0. The van der Waals surface area contributed by atoms with Crippen LogP contribution in [0, 0.1) is 0 Å². The second-order valence-electron chi connectivity index (χ2n) is 3.68. The zero-order valence-electron chi connectivity index (χ0n) is 9.69. The Morgan fingerprint density at radius 2 is 1.88 bits per heavy atom. The molecule has 1 rings (SSSR count). The molecule has 1 aromatic carbocycles. The quantitative estimate of drug-likeness (QED) is 0.764. The summed E-state index contributed by atoms with van der Waals surface area (Å²) in [5, 5.41) is 10.8. The summed E-state index contributed by atoms with van der Waals surface area (Å²) in [5.74, 6) is -1.69. The van der Waals surface area contributed by atoms with E-state index in [9.17, 15) is 9.59 Å². The van der Waals surface area contributed by atoms with Gasteiger partial charge in [-0.25, -0.2) is 4.79 Å². The van der Waals surface area contributed by atoms with E-state index in [1.807, 2.05) is 12.1 Å². The smallest absolute Gasteiger partial charge is 0.351 e. The summed E-state index contributed by atoms with van der Waals surface area (Å²) in [5.41, 5.74) is 1.25. The number of carboxylic acid groups (broad SMARTS) is 1. The lowest BCUT2D eigenvalue weighted by Crippen LogP contribution is -2.26. The van der Waals surface area contributed by atoms with Crippen molar-refractivity contribution in [3.05, 3.63) is 47.7 Å². The molecule has 1 aromatic rings. The number of rotatable bonds is 5. The standard InChI is InChI=1S/C13H15NO3/c1-3-4-10-5-7-11(8-6-10)12(15)14-9(2)13(16)17/h5-8H,2-4H2,1H3,(H,14,15)(H,16,17). The number of benzene rings is 1. The van der Waals surface area contributed by atoms with Crippen molar-refractivity contribution in [1.82, 2.24) is 5.32 Å². The van der Waals surface area contributed by atoms with E-state index in [1.54, 1.807) is 12.1 Å². The SMILES string of the molecule is C=C(NC(=O)c1ccc(CCC)cc1)C(=O)O. The highest BCUT2D eigenvalue weighted by molar-refractivity contribution is 6.00. The molecule has 0 saturated heterocycles. The van der Waals surface area contributed by atoms with Gasteiger partial charge in [-0.2, -0.15) is 0 Å². The molecule has 0 atom stereocenters. The van der Waals surface area contributed by atoms with Gasteiger partial charge in [0, 0.05) is 5.56 Å². The molecular weight excluding hydrogens is 218 g/mol. The van der Waals surface area contributed by atoms with Crippen molar-refractivity contribution in [3.63, 3.8) is 0 Å². The molecule has 0 radical (unpaired) electrons. The molecule has 0 bridgehead atoms. The molecule has 0 fully saturated rings. The van der Waals surface area contributed by atoms with Crippen molar-refractivity contribution >= 4 is 11.9 Å². The Bertz CT molecular complexity index is 434. The highest BCUT2D eigenvalue weighted by Crippen LogP contribution is 2.07. The van der Waals surface area contributed by atoms with Crippen LogP contribution in [-0.4, -0.2) is 17.0 Å². The van der Waals surface area contributed by atoms with E-state index in [1.165, 1.54) is 0 Å². The molecule has 0 aromatic heterocycles. The molecule has 90 valence electrons. The number of aliphatic carboxylic acids is 1. The molecule has 0 aliphatic heterocycles. The van der Waals surface area contributed by atoms with Gasteiger partial charge in [-0.3, -0.25) is 4.79 Å². The monoisotopic (exact) mass is 233 g/mol. The maximum atomic E-state index is 11.6. The third-order valence-corrected chi connectivity index (χ3v) is 2.28. The van der Waals surface area contributed by atoms with Gasteiger partial charge >= 0.3 is 5.97 Å². The topological polar surface area (TPSA) is 66.4 Å². The van der Waals surface area contributed by atoms with E-state index in [0.717, 1.165) is 18.4 Å². The lowest BCUT2D eigenvalue weighted by Gasteiger charge is -2.05. The molecule has 17 heavy (non-hydrogen) atoms.